The van der Waals surface area contributed by atoms with Gasteiger partial charge in [-0.2, -0.15) is 0 Å². The molecular weight excluding hydrogens is 329 g/mol. The number of methoxy groups -OCH3 is 1. The number of hydrogen-bond donors (Lipinski definition) is 1. The van der Waals surface area contributed by atoms with Crippen molar-refractivity contribution in [2.75, 3.05) is 13.7 Å². The fourth-order valence-electron chi connectivity index (χ4n) is 1.89. The molecular formula is C15H15ClFNO3S. The molecule has 22 heavy (non-hydrogen) atoms. The van der Waals surface area contributed by atoms with Crippen LogP contribution >= 0.6 is 11.6 Å². The molecule has 0 heterocycles. The molecule has 4 nitrogen and oxygen atoms in total. The van der Waals surface area contributed by atoms with Crippen LogP contribution in [-0.2, 0) is 16.4 Å². The highest BCUT2D eigenvalue weighted by Gasteiger charge is 2.13. The second-order valence-corrected chi connectivity index (χ2v) is 6.77. The Kier molecular flexibility index (Phi) is 5.39. The maximum Gasteiger partial charge on any atom is 0.240 e. The number of sulfonamides is 1. The SMILES string of the molecule is COc1ccc(CCNS(=O)(=O)c2ccc(Cl)cc2)cc1F. The predicted molar refractivity (Wildman–Crippen MR) is 83.3 cm³/mol. The molecule has 2 rings (SSSR count). The highest BCUT2D eigenvalue weighted by molar-refractivity contribution is 7.89. The van der Waals surface area contributed by atoms with Crippen molar-refractivity contribution in [2.24, 2.45) is 0 Å². The van der Waals surface area contributed by atoms with E-state index in [0.29, 0.717) is 17.0 Å². The molecule has 0 unspecified atom stereocenters. The zero-order valence-corrected chi connectivity index (χ0v) is 13.4. The van der Waals surface area contributed by atoms with Gasteiger partial charge >= 0.3 is 0 Å². The first-order chi connectivity index (χ1) is 10.4. The molecule has 0 aliphatic heterocycles. The number of hydrogen-bond acceptors (Lipinski definition) is 3. The minimum Gasteiger partial charge on any atom is -0.494 e. The topological polar surface area (TPSA) is 55.4 Å². The van der Waals surface area contributed by atoms with E-state index in [2.05, 4.69) is 4.72 Å². The number of halogens is 2. The van der Waals surface area contributed by atoms with Crippen LogP contribution in [0.1, 0.15) is 5.56 Å². The van der Waals surface area contributed by atoms with E-state index in [1.165, 1.54) is 43.5 Å². The minimum absolute atomic E-state index is 0.137. The monoisotopic (exact) mass is 343 g/mol. The molecule has 0 fully saturated rings. The van der Waals surface area contributed by atoms with Crippen molar-refractivity contribution in [1.82, 2.24) is 4.72 Å². The Bertz CT molecular complexity index is 748. The van der Waals surface area contributed by atoms with E-state index in [4.69, 9.17) is 16.3 Å². The van der Waals surface area contributed by atoms with Crippen molar-refractivity contribution >= 4 is 21.6 Å². The van der Waals surface area contributed by atoms with Gasteiger partial charge in [-0.05, 0) is 48.4 Å². The van der Waals surface area contributed by atoms with Crippen LogP contribution in [0.4, 0.5) is 4.39 Å². The van der Waals surface area contributed by atoms with Crippen LogP contribution in [0.2, 0.25) is 5.02 Å². The molecule has 2 aromatic rings. The Balaban J connectivity index is 1.98. The number of ether oxygens (including phenoxy) is 1. The fourth-order valence-corrected chi connectivity index (χ4v) is 3.05. The molecule has 1 N–H and O–H groups in total. The summed E-state index contributed by atoms with van der Waals surface area (Å²) >= 11 is 5.72. The van der Waals surface area contributed by atoms with E-state index < -0.39 is 15.8 Å². The Morgan fingerprint density at radius 3 is 2.45 bits per heavy atom. The first-order valence-corrected chi connectivity index (χ1v) is 8.36. The number of rotatable bonds is 6. The van der Waals surface area contributed by atoms with Crippen molar-refractivity contribution in [3.63, 3.8) is 0 Å². The van der Waals surface area contributed by atoms with E-state index in [-0.39, 0.29) is 17.2 Å². The van der Waals surface area contributed by atoms with Gasteiger partial charge in [0, 0.05) is 11.6 Å². The van der Waals surface area contributed by atoms with Gasteiger partial charge in [-0.3, -0.25) is 0 Å². The normalized spacial score (nSPS) is 11.4. The summed E-state index contributed by atoms with van der Waals surface area (Å²) in [6.45, 7) is 0.163. The molecule has 118 valence electrons. The summed E-state index contributed by atoms with van der Waals surface area (Å²) in [6, 6.07) is 10.4. The van der Waals surface area contributed by atoms with E-state index in [1.54, 1.807) is 6.07 Å². The Hall–Kier alpha value is -1.63. The highest BCUT2D eigenvalue weighted by atomic mass is 35.5. The van der Waals surface area contributed by atoms with Gasteiger partial charge in [-0.15, -0.1) is 0 Å². The third kappa shape index (κ3) is 4.19. The van der Waals surface area contributed by atoms with Gasteiger partial charge in [0.15, 0.2) is 11.6 Å². The lowest BCUT2D eigenvalue weighted by Crippen LogP contribution is -2.26. The van der Waals surface area contributed by atoms with Gasteiger partial charge in [-0.25, -0.2) is 17.5 Å². The summed E-state index contributed by atoms with van der Waals surface area (Å²) in [6.07, 6.45) is 0.369. The largest absolute Gasteiger partial charge is 0.494 e. The summed E-state index contributed by atoms with van der Waals surface area (Å²) in [7, 11) is -2.21. The van der Waals surface area contributed by atoms with Gasteiger partial charge in [0.1, 0.15) is 0 Å². The van der Waals surface area contributed by atoms with E-state index in [0.717, 1.165) is 0 Å². The van der Waals surface area contributed by atoms with Gasteiger partial charge in [0.25, 0.3) is 0 Å². The van der Waals surface area contributed by atoms with Gasteiger partial charge < -0.3 is 4.74 Å². The first-order valence-electron chi connectivity index (χ1n) is 6.50. The lowest BCUT2D eigenvalue weighted by molar-refractivity contribution is 0.386. The van der Waals surface area contributed by atoms with Crippen LogP contribution in [0.25, 0.3) is 0 Å². The molecule has 2 aromatic carbocycles. The first kappa shape index (κ1) is 16.7. The molecule has 0 atom stereocenters. The maximum absolute atomic E-state index is 13.5. The van der Waals surface area contributed by atoms with E-state index in [9.17, 15) is 12.8 Å². The molecule has 0 saturated carbocycles. The highest BCUT2D eigenvalue weighted by Crippen LogP contribution is 2.18. The zero-order chi connectivity index (χ0) is 16.2. The quantitative estimate of drug-likeness (QED) is 0.877. The standard InChI is InChI=1S/C15H15ClFNO3S/c1-21-15-7-2-11(10-14(15)17)8-9-18-22(19,20)13-5-3-12(16)4-6-13/h2-7,10,18H,8-9H2,1H3. The Labute approximate surface area is 133 Å². The summed E-state index contributed by atoms with van der Waals surface area (Å²) < 4.78 is 44.9. The average Bonchev–Trinajstić information content (AvgIpc) is 2.48. The summed E-state index contributed by atoms with van der Waals surface area (Å²) in [5.41, 5.74) is 0.678. The van der Waals surface area contributed by atoms with Crippen LogP contribution < -0.4 is 9.46 Å². The molecule has 0 bridgehead atoms. The van der Waals surface area contributed by atoms with Gasteiger partial charge in [0.2, 0.25) is 10.0 Å². The lowest BCUT2D eigenvalue weighted by atomic mass is 10.1. The van der Waals surface area contributed by atoms with Crippen molar-refractivity contribution in [2.45, 2.75) is 11.3 Å². The third-order valence-electron chi connectivity index (χ3n) is 3.05. The third-order valence-corrected chi connectivity index (χ3v) is 4.77. The van der Waals surface area contributed by atoms with E-state index in [1.807, 2.05) is 0 Å². The average molecular weight is 344 g/mol. The van der Waals surface area contributed by atoms with Gasteiger partial charge in [-0.1, -0.05) is 17.7 Å². The Morgan fingerprint density at radius 2 is 1.86 bits per heavy atom. The van der Waals surface area contributed by atoms with Crippen LogP contribution in [-0.4, -0.2) is 22.1 Å². The molecule has 0 amide bonds. The van der Waals surface area contributed by atoms with Crippen LogP contribution in [0, 0.1) is 5.82 Å². The summed E-state index contributed by atoms with van der Waals surface area (Å²) in [5.74, 6) is -0.314. The summed E-state index contributed by atoms with van der Waals surface area (Å²) in [4.78, 5) is 0.137. The maximum atomic E-state index is 13.5. The number of benzene rings is 2. The summed E-state index contributed by atoms with van der Waals surface area (Å²) in [5, 5.41) is 0.465. The van der Waals surface area contributed by atoms with Crippen LogP contribution in [0.15, 0.2) is 47.4 Å². The second-order valence-electron chi connectivity index (χ2n) is 4.57. The van der Waals surface area contributed by atoms with Crippen molar-refractivity contribution in [1.29, 1.82) is 0 Å². The molecule has 0 spiro atoms. The minimum atomic E-state index is -3.60. The smallest absolute Gasteiger partial charge is 0.240 e. The Morgan fingerprint density at radius 1 is 1.18 bits per heavy atom. The van der Waals surface area contributed by atoms with Crippen LogP contribution in [0.3, 0.4) is 0 Å². The molecule has 0 aromatic heterocycles. The van der Waals surface area contributed by atoms with Crippen molar-refractivity contribution in [3.8, 4) is 5.75 Å². The lowest BCUT2D eigenvalue weighted by Gasteiger charge is -2.08. The second kappa shape index (κ2) is 7.09. The zero-order valence-electron chi connectivity index (χ0n) is 11.8. The molecule has 0 aliphatic carbocycles. The fraction of sp³-hybridized carbons (Fsp3) is 0.200. The van der Waals surface area contributed by atoms with Crippen LogP contribution in [0.5, 0.6) is 5.75 Å². The van der Waals surface area contributed by atoms with E-state index >= 15 is 0 Å². The molecule has 0 aliphatic rings. The van der Waals surface area contributed by atoms with Gasteiger partial charge in [0.05, 0.1) is 12.0 Å². The predicted octanol–water partition coefficient (Wildman–Crippen LogP) is 3.01. The molecule has 7 heteroatoms. The van der Waals surface area contributed by atoms with Crippen molar-refractivity contribution < 1.29 is 17.5 Å². The molecule has 0 saturated heterocycles. The molecule has 0 radical (unpaired) electrons. The van der Waals surface area contributed by atoms with Crippen molar-refractivity contribution in [3.05, 3.63) is 58.9 Å². The number of nitrogens with one attached hydrogen (secondary N) is 1.